The molecule has 3 aromatic rings. The largest absolute Gasteiger partial charge is 0.416 e. The molecule has 0 unspecified atom stereocenters. The van der Waals surface area contributed by atoms with Gasteiger partial charge < -0.3 is 15.7 Å². The molecule has 3 N–H and O–H groups in total. The molecule has 1 amide bonds. The van der Waals surface area contributed by atoms with E-state index >= 15 is 0 Å². The summed E-state index contributed by atoms with van der Waals surface area (Å²) in [6, 6.07) is 19.0. The summed E-state index contributed by atoms with van der Waals surface area (Å²) in [7, 11) is -3.49. The molecular weight excluding hydrogens is 603 g/mol. The third-order valence-corrected chi connectivity index (χ3v) is 10.6. The predicted molar refractivity (Wildman–Crippen MR) is 169 cm³/mol. The van der Waals surface area contributed by atoms with Crippen molar-refractivity contribution in [3.05, 3.63) is 101 Å². The lowest BCUT2D eigenvalue weighted by Gasteiger charge is -2.30. The van der Waals surface area contributed by atoms with Crippen molar-refractivity contribution < 1.29 is 31.5 Å². The maximum atomic E-state index is 13.8. The van der Waals surface area contributed by atoms with Crippen LogP contribution in [0.1, 0.15) is 77.1 Å². The van der Waals surface area contributed by atoms with Crippen molar-refractivity contribution in [2.24, 2.45) is 0 Å². The van der Waals surface area contributed by atoms with Gasteiger partial charge >= 0.3 is 6.18 Å². The summed E-state index contributed by atoms with van der Waals surface area (Å²) in [6.45, 7) is 0.488. The van der Waals surface area contributed by atoms with E-state index in [2.05, 4.69) is 10.6 Å². The highest BCUT2D eigenvalue weighted by molar-refractivity contribution is 7.92. The maximum Gasteiger partial charge on any atom is 0.416 e. The van der Waals surface area contributed by atoms with Gasteiger partial charge in [0, 0.05) is 25.2 Å². The average molecular weight is 644 g/mol. The number of amides is 1. The summed E-state index contributed by atoms with van der Waals surface area (Å²) < 4.78 is 66.8. The van der Waals surface area contributed by atoms with E-state index in [1.807, 2.05) is 42.5 Å². The molecule has 0 spiro atoms. The van der Waals surface area contributed by atoms with Gasteiger partial charge in [0.2, 0.25) is 10.0 Å². The first-order valence-electron chi connectivity index (χ1n) is 15.5. The minimum absolute atomic E-state index is 0.0212. The van der Waals surface area contributed by atoms with Gasteiger partial charge in [0.1, 0.15) is 0 Å². The Morgan fingerprint density at radius 1 is 0.933 bits per heavy atom. The molecule has 45 heavy (non-hydrogen) atoms. The van der Waals surface area contributed by atoms with Gasteiger partial charge in [-0.15, -0.1) is 0 Å². The van der Waals surface area contributed by atoms with Gasteiger partial charge in [-0.05, 0) is 79.0 Å². The number of hydrogen-bond acceptors (Lipinski definition) is 5. The van der Waals surface area contributed by atoms with Gasteiger partial charge in [0.15, 0.2) is 0 Å². The molecule has 0 aromatic heterocycles. The maximum absolute atomic E-state index is 13.8. The quantitative estimate of drug-likeness (QED) is 0.246. The highest BCUT2D eigenvalue weighted by Gasteiger charge is 2.31. The molecule has 1 aliphatic carbocycles. The van der Waals surface area contributed by atoms with Crippen molar-refractivity contribution in [2.45, 2.75) is 75.7 Å². The Morgan fingerprint density at radius 3 is 2.38 bits per heavy atom. The lowest BCUT2D eigenvalue weighted by atomic mass is 9.94. The minimum atomic E-state index is -4.45. The Morgan fingerprint density at radius 2 is 1.67 bits per heavy atom. The van der Waals surface area contributed by atoms with Crippen LogP contribution >= 0.6 is 0 Å². The molecule has 2 aliphatic rings. The van der Waals surface area contributed by atoms with E-state index in [4.69, 9.17) is 0 Å². The van der Waals surface area contributed by atoms with Crippen LogP contribution in [0.3, 0.4) is 0 Å². The second kappa shape index (κ2) is 14.3. The van der Waals surface area contributed by atoms with Crippen LogP contribution < -0.4 is 14.9 Å². The summed E-state index contributed by atoms with van der Waals surface area (Å²) in [5.41, 5.74) is 2.33. The van der Waals surface area contributed by atoms with Gasteiger partial charge in [-0.1, -0.05) is 61.4 Å². The SMILES string of the molecule is O=C(N[C@@H](Cc1ccccc1)[C@H](O)CNCc1cccc(C(F)(F)F)c1)c1cc(C2CCCC2)cc(N2CCCCS2(=O)=O)c1. The number of nitrogens with zero attached hydrogens (tertiary/aromatic N) is 1. The highest BCUT2D eigenvalue weighted by atomic mass is 32.2. The molecule has 7 nitrogen and oxygen atoms in total. The van der Waals surface area contributed by atoms with Crippen molar-refractivity contribution in [3.63, 3.8) is 0 Å². The molecule has 11 heteroatoms. The number of hydrogen-bond donors (Lipinski definition) is 3. The zero-order valence-corrected chi connectivity index (χ0v) is 25.9. The monoisotopic (exact) mass is 643 g/mol. The zero-order chi connectivity index (χ0) is 32.0. The fraction of sp³-hybridized carbons (Fsp3) is 0.441. The van der Waals surface area contributed by atoms with Crippen LogP contribution in [-0.4, -0.2) is 50.4 Å². The number of alkyl halides is 3. The highest BCUT2D eigenvalue weighted by Crippen LogP contribution is 2.37. The number of carbonyl (C=O) groups is 1. The number of nitrogens with one attached hydrogen (secondary N) is 2. The molecule has 1 heterocycles. The molecule has 1 aliphatic heterocycles. The normalized spacial score (nSPS) is 18.4. The minimum Gasteiger partial charge on any atom is -0.390 e. The fourth-order valence-electron chi connectivity index (χ4n) is 6.25. The lowest BCUT2D eigenvalue weighted by Crippen LogP contribution is -2.48. The third kappa shape index (κ3) is 8.65. The van der Waals surface area contributed by atoms with Crippen LogP contribution in [0.15, 0.2) is 72.8 Å². The molecule has 0 radical (unpaired) electrons. The third-order valence-electron chi connectivity index (χ3n) is 8.68. The molecule has 1 saturated carbocycles. The summed E-state index contributed by atoms with van der Waals surface area (Å²) in [6.07, 6.45) is 0.258. The van der Waals surface area contributed by atoms with Crippen molar-refractivity contribution in [1.82, 2.24) is 10.6 Å². The van der Waals surface area contributed by atoms with E-state index in [0.29, 0.717) is 36.2 Å². The first-order chi connectivity index (χ1) is 21.5. The predicted octanol–water partition coefficient (Wildman–Crippen LogP) is 5.78. The summed E-state index contributed by atoms with van der Waals surface area (Å²) in [5, 5.41) is 17.2. The van der Waals surface area contributed by atoms with Crippen LogP contribution in [0.5, 0.6) is 0 Å². The van der Waals surface area contributed by atoms with Crippen molar-refractivity contribution in [1.29, 1.82) is 0 Å². The van der Waals surface area contributed by atoms with Crippen molar-refractivity contribution >= 4 is 21.6 Å². The number of halogens is 3. The van der Waals surface area contributed by atoms with Gasteiger partial charge in [0.05, 0.1) is 29.1 Å². The molecular formula is C34H40F3N3O4S. The second-order valence-electron chi connectivity index (χ2n) is 12.1. The number of anilines is 1. The Hall–Kier alpha value is -3.41. The van der Waals surface area contributed by atoms with E-state index in [-0.39, 0.29) is 24.8 Å². The topological polar surface area (TPSA) is 98.7 Å². The Bertz CT molecular complexity index is 1560. The first-order valence-corrected chi connectivity index (χ1v) is 17.2. The molecule has 242 valence electrons. The summed E-state index contributed by atoms with van der Waals surface area (Å²) in [5.74, 6) is -0.112. The van der Waals surface area contributed by atoms with Crippen molar-refractivity contribution in [3.8, 4) is 0 Å². The first kappa shape index (κ1) is 33.0. The van der Waals surface area contributed by atoms with Gasteiger partial charge in [0.25, 0.3) is 5.91 Å². The van der Waals surface area contributed by atoms with Crippen LogP contribution in [0, 0.1) is 0 Å². The number of aliphatic hydroxyl groups is 1. The van der Waals surface area contributed by atoms with E-state index in [9.17, 15) is 31.5 Å². The Kier molecular flexibility index (Phi) is 10.5. The van der Waals surface area contributed by atoms with Crippen LogP contribution in [-0.2, 0) is 29.2 Å². The molecule has 3 aromatic carbocycles. The number of sulfonamides is 1. The molecule has 2 fully saturated rings. The van der Waals surface area contributed by atoms with Crippen LogP contribution in [0.25, 0.3) is 0 Å². The van der Waals surface area contributed by atoms with Gasteiger partial charge in [-0.3, -0.25) is 9.10 Å². The smallest absolute Gasteiger partial charge is 0.390 e. The number of carbonyl (C=O) groups excluding carboxylic acids is 1. The summed E-state index contributed by atoms with van der Waals surface area (Å²) in [4.78, 5) is 13.8. The van der Waals surface area contributed by atoms with E-state index in [1.54, 1.807) is 12.1 Å². The standard InChI is InChI=1S/C34H40F3N3O4S/c35-34(36,37)29-14-8-11-25(17-29)22-38-23-32(41)31(18-24-9-2-1-3-10-24)39-33(42)28-19-27(26-12-4-5-13-26)20-30(21-28)40-15-6-7-16-45(40,43)44/h1-3,8-11,14,17,19-21,26,31-32,38,41H,4-7,12-13,15-16,18,22-23H2,(H,39,42)/t31-,32+/m0/s1. The van der Waals surface area contributed by atoms with E-state index in [1.165, 1.54) is 10.4 Å². The van der Waals surface area contributed by atoms with Crippen molar-refractivity contribution in [2.75, 3.05) is 23.1 Å². The average Bonchev–Trinajstić information content (AvgIpc) is 3.56. The molecule has 0 bridgehead atoms. The number of benzene rings is 3. The zero-order valence-electron chi connectivity index (χ0n) is 25.1. The summed E-state index contributed by atoms with van der Waals surface area (Å²) >= 11 is 0. The van der Waals surface area contributed by atoms with E-state index < -0.39 is 39.8 Å². The fourth-order valence-corrected chi connectivity index (χ4v) is 7.87. The number of rotatable bonds is 11. The van der Waals surface area contributed by atoms with Crippen LogP contribution in [0.2, 0.25) is 0 Å². The van der Waals surface area contributed by atoms with Gasteiger partial charge in [-0.2, -0.15) is 13.2 Å². The molecule has 1 saturated heterocycles. The van der Waals surface area contributed by atoms with E-state index in [0.717, 1.165) is 55.4 Å². The van der Waals surface area contributed by atoms with Gasteiger partial charge in [-0.25, -0.2) is 8.42 Å². The second-order valence-corrected chi connectivity index (χ2v) is 14.1. The Labute approximate surface area is 262 Å². The van der Waals surface area contributed by atoms with Crippen LogP contribution in [0.4, 0.5) is 18.9 Å². The molecule has 5 rings (SSSR count). The lowest BCUT2D eigenvalue weighted by molar-refractivity contribution is -0.137. The molecule has 2 atom stereocenters. The Balaban J connectivity index is 1.35. The number of aliphatic hydroxyl groups excluding tert-OH is 1.